The Hall–Kier alpha value is -2.74. The van der Waals surface area contributed by atoms with Gasteiger partial charge >= 0.3 is 0 Å². The van der Waals surface area contributed by atoms with E-state index in [-0.39, 0.29) is 58.4 Å². The summed E-state index contributed by atoms with van der Waals surface area (Å²) in [5, 5.41) is 30.4. The predicted molar refractivity (Wildman–Crippen MR) is 104 cm³/mol. The Kier molecular flexibility index (Phi) is 4.90. The molecule has 1 fully saturated rings. The number of aliphatic hydroxyl groups is 1. The summed E-state index contributed by atoms with van der Waals surface area (Å²) in [7, 11) is 0. The van der Waals surface area contributed by atoms with E-state index in [9.17, 15) is 24.9 Å². The van der Waals surface area contributed by atoms with E-state index in [2.05, 4.69) is 0 Å². The van der Waals surface area contributed by atoms with Gasteiger partial charge in [-0.2, -0.15) is 0 Å². The molecule has 0 aliphatic heterocycles. The van der Waals surface area contributed by atoms with Crippen molar-refractivity contribution in [2.75, 3.05) is 0 Å². The fourth-order valence-corrected chi connectivity index (χ4v) is 4.29. The monoisotopic (exact) mass is 397 g/mol. The number of hydrogen-bond donors (Lipinski definition) is 4. The minimum Gasteiger partial charge on any atom is -0.507 e. The molecule has 1 saturated carbocycles. The summed E-state index contributed by atoms with van der Waals surface area (Å²) in [6, 6.07) is 6.90. The zero-order valence-corrected chi connectivity index (χ0v) is 16.0. The van der Waals surface area contributed by atoms with Crippen LogP contribution in [0.1, 0.15) is 57.2 Å². The quantitative estimate of drug-likeness (QED) is 0.531. The molecule has 0 amide bonds. The Morgan fingerprint density at radius 3 is 2.48 bits per heavy atom. The molecule has 0 heterocycles. The van der Waals surface area contributed by atoms with Crippen LogP contribution in [0, 0.1) is 5.92 Å². The first-order valence-electron chi connectivity index (χ1n) is 9.60. The molecule has 152 valence electrons. The first-order chi connectivity index (χ1) is 13.8. The lowest BCUT2D eigenvalue weighted by Crippen LogP contribution is -2.47. The van der Waals surface area contributed by atoms with E-state index < -0.39 is 17.7 Å². The van der Waals surface area contributed by atoms with Crippen LogP contribution < -0.4 is 5.73 Å². The molecule has 2 aliphatic rings. The number of hydrogen-bond acceptors (Lipinski definition) is 7. The first kappa shape index (κ1) is 19.6. The van der Waals surface area contributed by atoms with Crippen molar-refractivity contribution >= 4 is 11.6 Å². The number of fused-ring (bicyclic) bond motifs is 2. The van der Waals surface area contributed by atoms with E-state index >= 15 is 0 Å². The van der Waals surface area contributed by atoms with Crippen molar-refractivity contribution in [2.24, 2.45) is 11.7 Å². The summed E-state index contributed by atoms with van der Waals surface area (Å²) >= 11 is 0. The number of phenolic OH excluding ortho intramolecular Hbond substituents is 2. The summed E-state index contributed by atoms with van der Waals surface area (Å²) in [5.41, 5.74) is 6.52. The van der Waals surface area contributed by atoms with Gasteiger partial charge in [-0.25, -0.2) is 0 Å². The van der Waals surface area contributed by atoms with Gasteiger partial charge in [-0.1, -0.05) is 19.1 Å². The number of carbonyl (C=O) groups is 2. The number of carbonyl (C=O) groups excluding carboxylic acids is 2. The molecule has 0 saturated heterocycles. The average Bonchev–Trinajstić information content (AvgIpc) is 2.68. The third-order valence-corrected chi connectivity index (χ3v) is 5.84. The van der Waals surface area contributed by atoms with Gasteiger partial charge < -0.3 is 25.8 Å². The lowest BCUT2D eigenvalue weighted by molar-refractivity contribution is -0.0458. The average molecular weight is 397 g/mol. The van der Waals surface area contributed by atoms with Gasteiger partial charge in [0.25, 0.3) is 0 Å². The fourth-order valence-electron chi connectivity index (χ4n) is 4.29. The molecule has 7 heteroatoms. The predicted octanol–water partition coefficient (Wildman–Crippen LogP) is 1.88. The Morgan fingerprint density at radius 1 is 1.03 bits per heavy atom. The third kappa shape index (κ3) is 3.31. The second-order valence-corrected chi connectivity index (χ2v) is 7.93. The molecule has 0 radical (unpaired) electrons. The van der Waals surface area contributed by atoms with Crippen molar-refractivity contribution in [1.82, 2.24) is 0 Å². The third-order valence-electron chi connectivity index (χ3n) is 5.84. The second kappa shape index (κ2) is 7.26. The van der Waals surface area contributed by atoms with E-state index in [4.69, 9.17) is 10.5 Å². The lowest BCUT2D eigenvalue weighted by atomic mass is 9.82. The number of phenols is 2. The van der Waals surface area contributed by atoms with Crippen molar-refractivity contribution < 1.29 is 29.6 Å². The summed E-state index contributed by atoms with van der Waals surface area (Å²) in [5.74, 6) is -1.61. The number of ether oxygens (including phenoxy) is 1. The maximum atomic E-state index is 12.9. The number of benzene rings is 2. The number of ketones is 2. The molecule has 0 spiro atoms. The molecule has 0 bridgehead atoms. The topological polar surface area (TPSA) is 130 Å². The fraction of sp³-hybridized carbons (Fsp3) is 0.364. The number of aliphatic hydroxyl groups excluding tert-OH is 1. The van der Waals surface area contributed by atoms with E-state index in [0.29, 0.717) is 18.4 Å². The summed E-state index contributed by atoms with van der Waals surface area (Å²) in [6.07, 6.45) is 0.488. The number of aromatic hydroxyl groups is 2. The van der Waals surface area contributed by atoms with Crippen LogP contribution in [0.5, 0.6) is 11.5 Å². The molecule has 0 aromatic heterocycles. The summed E-state index contributed by atoms with van der Waals surface area (Å²) in [4.78, 5) is 25.7. The molecular formula is C22H23NO6. The largest absolute Gasteiger partial charge is 0.507 e. The van der Waals surface area contributed by atoms with Crippen molar-refractivity contribution in [2.45, 2.75) is 44.6 Å². The maximum Gasteiger partial charge on any atom is 0.201 e. The summed E-state index contributed by atoms with van der Waals surface area (Å²) < 4.78 is 5.92. The normalized spacial score (nSPS) is 26.2. The van der Waals surface area contributed by atoms with Crippen molar-refractivity contribution in [3.63, 3.8) is 0 Å². The van der Waals surface area contributed by atoms with E-state index in [0.717, 1.165) is 0 Å². The van der Waals surface area contributed by atoms with E-state index in [1.54, 1.807) is 6.07 Å². The molecule has 4 atom stereocenters. The summed E-state index contributed by atoms with van der Waals surface area (Å²) in [6.45, 7) is 2.05. The molecule has 4 rings (SSSR count). The minimum absolute atomic E-state index is 0.0177. The van der Waals surface area contributed by atoms with Gasteiger partial charge in [0.1, 0.15) is 11.5 Å². The van der Waals surface area contributed by atoms with Crippen LogP contribution in [0.3, 0.4) is 0 Å². The highest BCUT2D eigenvalue weighted by molar-refractivity contribution is 6.30. The molecule has 2 aliphatic carbocycles. The highest BCUT2D eigenvalue weighted by atomic mass is 16.5. The van der Waals surface area contributed by atoms with Crippen LogP contribution in [0.2, 0.25) is 0 Å². The molecule has 5 N–H and O–H groups in total. The zero-order valence-electron chi connectivity index (χ0n) is 16.0. The Bertz CT molecular complexity index is 989. The van der Waals surface area contributed by atoms with Crippen LogP contribution in [-0.4, -0.2) is 45.1 Å². The van der Waals surface area contributed by atoms with E-state index in [1.807, 2.05) is 6.92 Å². The smallest absolute Gasteiger partial charge is 0.201 e. The molecule has 7 nitrogen and oxygen atoms in total. The second-order valence-electron chi connectivity index (χ2n) is 7.93. The van der Waals surface area contributed by atoms with Crippen LogP contribution >= 0.6 is 0 Å². The SMILES string of the molecule is CC1C[C@H](OCc2cc(O)c3c(c2)C(=O)c2cccc(O)c2C3=O)CC(N)[C@H]1O. The van der Waals surface area contributed by atoms with Crippen LogP contribution in [0.25, 0.3) is 0 Å². The van der Waals surface area contributed by atoms with E-state index in [1.165, 1.54) is 24.3 Å². The number of nitrogens with two attached hydrogens (primary N) is 1. The Labute approximate surface area is 167 Å². The van der Waals surface area contributed by atoms with Gasteiger partial charge in [0, 0.05) is 17.2 Å². The van der Waals surface area contributed by atoms with Crippen LogP contribution in [-0.2, 0) is 11.3 Å². The highest BCUT2D eigenvalue weighted by Gasteiger charge is 2.35. The van der Waals surface area contributed by atoms with Gasteiger partial charge in [0.05, 0.1) is 29.9 Å². The number of rotatable bonds is 3. The van der Waals surface area contributed by atoms with Gasteiger partial charge in [0.15, 0.2) is 5.78 Å². The highest BCUT2D eigenvalue weighted by Crippen LogP contribution is 2.37. The standard InChI is InChI=1S/C22H23NO6/c1-10-5-12(8-15(23)20(10)26)29-9-11-6-14-19(17(25)7-11)22(28)18-13(21(14)27)3-2-4-16(18)24/h2-4,6-7,10,12,15,20,24-26H,5,8-9,23H2,1H3/t10?,12-,15?,20-/m0/s1. The molecule has 29 heavy (non-hydrogen) atoms. The van der Waals surface area contributed by atoms with Crippen molar-refractivity contribution in [3.8, 4) is 11.5 Å². The minimum atomic E-state index is -0.585. The van der Waals surface area contributed by atoms with Crippen molar-refractivity contribution in [1.29, 1.82) is 0 Å². The molecule has 2 aromatic carbocycles. The van der Waals surface area contributed by atoms with Gasteiger partial charge in [-0.15, -0.1) is 0 Å². The van der Waals surface area contributed by atoms with Gasteiger partial charge in [-0.3, -0.25) is 9.59 Å². The molecule has 2 unspecified atom stereocenters. The van der Waals surface area contributed by atoms with Gasteiger partial charge in [0.2, 0.25) is 5.78 Å². The molecule has 2 aromatic rings. The van der Waals surface area contributed by atoms with Crippen LogP contribution in [0.15, 0.2) is 30.3 Å². The molecular weight excluding hydrogens is 374 g/mol. The lowest BCUT2D eigenvalue weighted by Gasteiger charge is -2.35. The maximum absolute atomic E-state index is 12.9. The van der Waals surface area contributed by atoms with Gasteiger partial charge in [-0.05, 0) is 42.5 Å². The zero-order chi connectivity index (χ0) is 20.9. The Morgan fingerprint density at radius 2 is 1.76 bits per heavy atom. The Balaban J connectivity index is 1.60. The van der Waals surface area contributed by atoms with Crippen molar-refractivity contribution in [3.05, 3.63) is 58.1 Å². The first-order valence-corrected chi connectivity index (χ1v) is 9.60. The van der Waals surface area contributed by atoms with Crippen LogP contribution in [0.4, 0.5) is 0 Å².